The highest BCUT2D eigenvalue weighted by atomic mass is 32.1. The highest BCUT2D eigenvalue weighted by Gasteiger charge is 2.13. The standard InChI is InChI=1S/C15H13N3O2S/c1-16-15-18(2)14(20)12(21-15)8-10-7-9-5-3-4-6-11(9)17-13(10)19/h3-8,20H,1-2H3. The minimum absolute atomic E-state index is 0.0909. The zero-order valence-electron chi connectivity index (χ0n) is 11.6. The van der Waals surface area contributed by atoms with Crippen LogP contribution in [0.25, 0.3) is 12.2 Å². The first-order valence-corrected chi connectivity index (χ1v) is 7.15. The number of hydrogen-bond donors (Lipinski definition) is 1. The van der Waals surface area contributed by atoms with Crippen LogP contribution in [0.15, 0.2) is 39.8 Å². The van der Waals surface area contributed by atoms with E-state index in [4.69, 9.17) is 0 Å². The van der Waals surface area contributed by atoms with Gasteiger partial charge in [0.05, 0.1) is 10.2 Å². The van der Waals surface area contributed by atoms with Gasteiger partial charge in [0.15, 0.2) is 4.80 Å². The molecule has 0 unspecified atom stereocenters. The number of thiazole rings is 1. The molecule has 106 valence electrons. The van der Waals surface area contributed by atoms with Crippen molar-refractivity contribution in [3.8, 4) is 5.88 Å². The van der Waals surface area contributed by atoms with Gasteiger partial charge in [-0.2, -0.15) is 0 Å². The molecule has 6 heteroatoms. The Labute approximate surface area is 124 Å². The summed E-state index contributed by atoms with van der Waals surface area (Å²) in [7, 11) is 3.38. The average molecular weight is 299 g/mol. The van der Waals surface area contributed by atoms with Crippen LogP contribution in [0.5, 0.6) is 5.88 Å². The number of benzene rings is 1. The Balaban J connectivity index is 2.18. The van der Waals surface area contributed by atoms with Crippen LogP contribution in [-0.4, -0.2) is 22.6 Å². The van der Waals surface area contributed by atoms with Crippen LogP contribution in [0.3, 0.4) is 0 Å². The predicted octanol–water partition coefficient (Wildman–Crippen LogP) is 0.347. The molecule has 1 aromatic carbocycles. The maximum Gasteiger partial charge on any atom is 0.277 e. The number of rotatable bonds is 1. The smallest absolute Gasteiger partial charge is 0.277 e. The summed E-state index contributed by atoms with van der Waals surface area (Å²) in [4.78, 5) is 21.5. The van der Waals surface area contributed by atoms with Crippen LogP contribution in [-0.2, 0) is 11.8 Å². The van der Waals surface area contributed by atoms with E-state index in [0.29, 0.717) is 20.6 Å². The topological polar surface area (TPSA) is 66.9 Å². The van der Waals surface area contributed by atoms with Crippen LogP contribution in [0.4, 0.5) is 0 Å². The summed E-state index contributed by atoms with van der Waals surface area (Å²) >= 11 is 1.32. The zero-order valence-corrected chi connectivity index (χ0v) is 12.4. The number of hydrogen-bond acceptors (Lipinski definition) is 4. The lowest BCUT2D eigenvalue weighted by Crippen LogP contribution is -2.29. The molecule has 21 heavy (non-hydrogen) atoms. The molecule has 0 radical (unpaired) electrons. The van der Waals surface area contributed by atoms with E-state index >= 15 is 0 Å². The van der Waals surface area contributed by atoms with Crippen LogP contribution in [0, 0.1) is 0 Å². The van der Waals surface area contributed by atoms with Gasteiger partial charge in [-0.05, 0) is 18.2 Å². The van der Waals surface area contributed by atoms with Crippen LogP contribution >= 0.6 is 11.3 Å². The average Bonchev–Trinajstić information content (AvgIpc) is 2.76. The fourth-order valence-electron chi connectivity index (χ4n) is 2.12. The summed E-state index contributed by atoms with van der Waals surface area (Å²) in [5.41, 5.74) is 0.452. The van der Waals surface area contributed by atoms with Crippen molar-refractivity contribution in [2.75, 3.05) is 7.05 Å². The van der Waals surface area contributed by atoms with Crippen molar-refractivity contribution in [2.45, 2.75) is 0 Å². The molecule has 0 atom stereocenters. The Bertz CT molecular complexity index is 948. The summed E-state index contributed by atoms with van der Waals surface area (Å²) in [5, 5.41) is 11.6. The second-order valence-corrected chi connectivity index (χ2v) is 5.58. The van der Waals surface area contributed by atoms with Crippen molar-refractivity contribution in [3.63, 3.8) is 0 Å². The molecule has 0 spiro atoms. The van der Waals surface area contributed by atoms with Crippen molar-refractivity contribution in [2.24, 2.45) is 17.0 Å². The molecule has 5 nitrogen and oxygen atoms in total. The van der Waals surface area contributed by atoms with E-state index in [2.05, 4.69) is 9.98 Å². The summed E-state index contributed by atoms with van der Waals surface area (Å²) in [6.45, 7) is 0. The first kappa shape index (κ1) is 13.5. The van der Waals surface area contributed by atoms with Gasteiger partial charge in [0, 0.05) is 24.9 Å². The van der Waals surface area contributed by atoms with Gasteiger partial charge in [0.1, 0.15) is 0 Å². The molecule has 0 saturated carbocycles. The third-order valence-electron chi connectivity index (χ3n) is 3.22. The molecule has 1 aliphatic rings. The number of carbonyl (C=O) groups is 1. The van der Waals surface area contributed by atoms with E-state index in [1.54, 1.807) is 36.9 Å². The van der Waals surface area contributed by atoms with Gasteiger partial charge in [-0.15, -0.1) is 0 Å². The van der Waals surface area contributed by atoms with Gasteiger partial charge in [0.2, 0.25) is 5.88 Å². The fraction of sp³-hybridized carbons (Fsp3) is 0.133. The second-order valence-electron chi connectivity index (χ2n) is 4.57. The third-order valence-corrected chi connectivity index (χ3v) is 4.38. The van der Waals surface area contributed by atoms with E-state index in [9.17, 15) is 9.90 Å². The lowest BCUT2D eigenvalue weighted by atomic mass is 10.1. The quantitative estimate of drug-likeness (QED) is 0.772. The van der Waals surface area contributed by atoms with Gasteiger partial charge >= 0.3 is 0 Å². The SMILES string of the molecule is CN=c1sc(C=C2C=c3ccccc3=NC2=O)c(O)n1C. The molecule has 1 amide bonds. The number of nitrogens with zero attached hydrogens (tertiary/aromatic N) is 3. The van der Waals surface area contributed by atoms with Crippen molar-refractivity contribution in [3.05, 3.63) is 50.1 Å². The Morgan fingerprint density at radius 3 is 2.86 bits per heavy atom. The van der Waals surface area contributed by atoms with Crippen molar-refractivity contribution < 1.29 is 9.90 Å². The fourth-order valence-corrected chi connectivity index (χ4v) is 3.04. The first-order valence-electron chi connectivity index (χ1n) is 6.33. The normalized spacial score (nSPS) is 16.6. The molecule has 0 bridgehead atoms. The molecule has 0 fully saturated rings. The summed E-state index contributed by atoms with van der Waals surface area (Å²) < 4.78 is 1.58. The number of amides is 1. The van der Waals surface area contributed by atoms with Crippen LogP contribution < -0.4 is 15.4 Å². The Hall–Kier alpha value is -2.47. The summed E-state index contributed by atoms with van der Waals surface area (Å²) in [5.74, 6) is -0.215. The molecule has 2 aromatic rings. The number of aromatic hydroxyl groups is 1. The Morgan fingerprint density at radius 2 is 2.14 bits per heavy atom. The molecule has 1 N–H and O–H groups in total. The van der Waals surface area contributed by atoms with Crippen molar-refractivity contribution in [1.82, 2.24) is 4.57 Å². The predicted molar refractivity (Wildman–Crippen MR) is 81.1 cm³/mol. The maximum atomic E-state index is 12.1. The number of para-hydroxylation sites is 1. The van der Waals surface area contributed by atoms with E-state index in [1.165, 1.54) is 11.3 Å². The maximum absolute atomic E-state index is 12.1. The molecule has 0 saturated heterocycles. The molecule has 2 heterocycles. The molecular formula is C15H13N3O2S. The van der Waals surface area contributed by atoms with Crippen molar-refractivity contribution in [1.29, 1.82) is 0 Å². The lowest BCUT2D eigenvalue weighted by molar-refractivity contribution is -0.114. The number of fused-ring (bicyclic) bond motifs is 1. The van der Waals surface area contributed by atoms with E-state index in [0.717, 1.165) is 5.22 Å². The molecular weight excluding hydrogens is 286 g/mol. The summed E-state index contributed by atoms with van der Waals surface area (Å²) in [6, 6.07) is 7.45. The Kier molecular flexibility index (Phi) is 3.31. The highest BCUT2D eigenvalue weighted by Crippen LogP contribution is 2.23. The van der Waals surface area contributed by atoms with E-state index in [-0.39, 0.29) is 11.8 Å². The minimum Gasteiger partial charge on any atom is -0.493 e. The Morgan fingerprint density at radius 1 is 1.38 bits per heavy atom. The van der Waals surface area contributed by atoms with Gasteiger partial charge in [-0.1, -0.05) is 29.5 Å². The minimum atomic E-state index is -0.306. The van der Waals surface area contributed by atoms with Gasteiger partial charge in [0.25, 0.3) is 5.91 Å². The third kappa shape index (κ3) is 2.34. The number of aromatic nitrogens is 1. The lowest BCUT2D eigenvalue weighted by Gasteiger charge is -2.02. The molecule has 1 aromatic heterocycles. The second kappa shape index (κ2) is 5.14. The molecule has 3 rings (SSSR count). The van der Waals surface area contributed by atoms with Crippen LogP contribution in [0.1, 0.15) is 4.88 Å². The molecule has 0 aliphatic carbocycles. The van der Waals surface area contributed by atoms with Crippen molar-refractivity contribution >= 4 is 29.4 Å². The van der Waals surface area contributed by atoms with E-state index < -0.39 is 0 Å². The molecule has 1 aliphatic heterocycles. The number of carbonyl (C=O) groups excluding carboxylic acids is 1. The monoisotopic (exact) mass is 299 g/mol. The van der Waals surface area contributed by atoms with Crippen LogP contribution in [0.2, 0.25) is 0 Å². The largest absolute Gasteiger partial charge is 0.493 e. The van der Waals surface area contributed by atoms with Gasteiger partial charge in [-0.25, -0.2) is 4.99 Å². The highest BCUT2D eigenvalue weighted by molar-refractivity contribution is 7.10. The van der Waals surface area contributed by atoms with E-state index in [1.807, 2.05) is 18.2 Å². The van der Waals surface area contributed by atoms with Gasteiger partial charge in [-0.3, -0.25) is 14.4 Å². The zero-order chi connectivity index (χ0) is 15.0. The van der Waals surface area contributed by atoms with Gasteiger partial charge < -0.3 is 5.11 Å². The summed E-state index contributed by atoms with van der Waals surface area (Å²) in [6.07, 6.45) is 3.43. The first-order chi connectivity index (χ1) is 10.1.